The average Bonchev–Trinajstić information content (AvgIpc) is 4.04. The molecule has 316 valence electrons. The minimum Gasteiger partial charge on any atom is -0.468 e. The van der Waals surface area contributed by atoms with E-state index in [-0.39, 0.29) is 12.1 Å². The molecule has 9 aromatic carbocycles. The number of rotatable bonds is 4. The van der Waals surface area contributed by atoms with Crippen LogP contribution in [0.4, 0.5) is 51.2 Å². The van der Waals surface area contributed by atoms with E-state index in [1.165, 1.54) is 44.0 Å². The van der Waals surface area contributed by atoms with Crippen molar-refractivity contribution >= 4 is 129 Å². The lowest BCUT2D eigenvalue weighted by atomic mass is 9.35. The smallest absolute Gasteiger partial charge is 0.297 e. The largest absolute Gasteiger partial charge is 0.468 e. The molecule has 15 rings (SSSR count). The van der Waals surface area contributed by atoms with Crippen LogP contribution < -0.4 is 31.3 Å². The van der Waals surface area contributed by atoms with Gasteiger partial charge in [0.25, 0.3) is 6.71 Å². The van der Waals surface area contributed by atoms with Crippen LogP contribution in [-0.2, 0) is 5.41 Å². The Hall–Kier alpha value is -8.42. The quantitative estimate of drug-likeness (QED) is 0.165. The van der Waals surface area contributed by atoms with Crippen LogP contribution in [0.25, 0.3) is 60.4 Å². The van der Waals surface area contributed by atoms with E-state index < -0.39 is 0 Å². The van der Waals surface area contributed by atoms with E-state index in [2.05, 4.69) is 234 Å². The highest BCUT2D eigenvalue weighted by Crippen LogP contribution is 2.55. The molecule has 0 atom stereocenters. The summed E-state index contributed by atoms with van der Waals surface area (Å²) in [6.07, 6.45) is 0. The highest BCUT2D eigenvalue weighted by atomic mass is 16.3. The lowest BCUT2D eigenvalue weighted by Gasteiger charge is -2.45. The van der Waals surface area contributed by atoms with Crippen molar-refractivity contribution in [3.05, 3.63) is 200 Å². The van der Waals surface area contributed by atoms with Crippen molar-refractivity contribution in [3.63, 3.8) is 0 Å². The normalized spacial score (nSPS) is 13.5. The fraction of sp³-hybridized carbons (Fsp3) is 0.0667. The van der Waals surface area contributed by atoms with Gasteiger partial charge in [0.1, 0.15) is 16.7 Å². The maximum Gasteiger partial charge on any atom is 0.297 e. The number of hydrogen-bond donors (Lipinski definition) is 0. The van der Waals surface area contributed by atoms with Crippen molar-refractivity contribution in [1.82, 2.24) is 4.57 Å². The number of anilines is 9. The highest BCUT2D eigenvalue weighted by molar-refractivity contribution is 7.00. The first-order valence-corrected chi connectivity index (χ1v) is 23.2. The number of para-hydroxylation sites is 6. The van der Waals surface area contributed by atoms with E-state index in [1.54, 1.807) is 0 Å². The highest BCUT2D eigenvalue weighted by Gasteiger charge is 2.49. The molecular formula is C60H41BN4O2. The third-order valence-electron chi connectivity index (χ3n) is 14.6. The molecule has 0 aliphatic carbocycles. The average molecular weight is 861 g/mol. The summed E-state index contributed by atoms with van der Waals surface area (Å²) in [5.41, 5.74) is 20.5. The zero-order chi connectivity index (χ0) is 44.3. The summed E-state index contributed by atoms with van der Waals surface area (Å²) < 4.78 is 16.6. The van der Waals surface area contributed by atoms with Gasteiger partial charge in [0.15, 0.2) is 0 Å². The van der Waals surface area contributed by atoms with Gasteiger partial charge in [-0.1, -0.05) is 130 Å². The number of hydrogen-bond acceptors (Lipinski definition) is 5. The second-order valence-corrected chi connectivity index (χ2v) is 19.3. The van der Waals surface area contributed by atoms with Gasteiger partial charge in [0, 0.05) is 44.3 Å². The molecule has 6 nitrogen and oxygen atoms in total. The molecule has 0 spiro atoms. The Bertz CT molecular complexity index is 4030. The van der Waals surface area contributed by atoms with Crippen molar-refractivity contribution in [1.29, 1.82) is 0 Å². The van der Waals surface area contributed by atoms with Gasteiger partial charge >= 0.3 is 0 Å². The summed E-state index contributed by atoms with van der Waals surface area (Å²) in [6, 6.07) is 70.7. The number of fused-ring (bicyclic) bond motifs is 14. The van der Waals surface area contributed by atoms with Crippen molar-refractivity contribution < 1.29 is 8.83 Å². The second-order valence-electron chi connectivity index (χ2n) is 19.3. The summed E-state index contributed by atoms with van der Waals surface area (Å²) in [6.45, 7) is 6.64. The molecule has 67 heavy (non-hydrogen) atoms. The molecule has 0 saturated heterocycles. The Morgan fingerprint density at radius 2 is 1.06 bits per heavy atom. The number of nitrogens with zero attached hydrogens (tertiary/aromatic N) is 4. The Morgan fingerprint density at radius 1 is 0.448 bits per heavy atom. The van der Waals surface area contributed by atoms with Gasteiger partial charge in [0.2, 0.25) is 0 Å². The van der Waals surface area contributed by atoms with E-state index in [0.29, 0.717) is 0 Å². The molecule has 0 amide bonds. The standard InChI is InChI=1S/C60H41BN4O2/c1-60(2,3)36-31-32-52-43(33-36)57-59(67-52)61-44-24-15-28-48-58(44)65(47-27-14-23-41-40-21-10-12-25-45(40)63(48)56(41)47)50-35-39(62(37-17-6-4-7-18-37)38-19-8-5-9-20-38)34-49(55(50)61)64(57)46-26-16-30-53-54(46)42-22-11-13-29-51(42)66-53/h4-35H,1-3H3. The molecule has 0 radical (unpaired) electrons. The molecule has 7 heteroatoms. The van der Waals surface area contributed by atoms with Crippen molar-refractivity contribution in [3.8, 4) is 5.69 Å². The maximum absolute atomic E-state index is 7.42. The zero-order valence-corrected chi connectivity index (χ0v) is 37.2. The van der Waals surface area contributed by atoms with Gasteiger partial charge in [-0.05, 0) is 107 Å². The van der Waals surface area contributed by atoms with Crippen LogP contribution in [0, 0.1) is 0 Å². The van der Waals surface area contributed by atoms with Crippen molar-refractivity contribution in [2.45, 2.75) is 26.2 Å². The molecular weight excluding hydrogens is 819 g/mol. The van der Waals surface area contributed by atoms with E-state index in [9.17, 15) is 0 Å². The minimum atomic E-state index is -0.230. The lowest BCUT2D eigenvalue weighted by molar-refractivity contribution is 0.590. The van der Waals surface area contributed by atoms with Gasteiger partial charge in [-0.2, -0.15) is 0 Å². The summed E-state index contributed by atoms with van der Waals surface area (Å²) >= 11 is 0. The van der Waals surface area contributed by atoms with Gasteiger partial charge < -0.3 is 28.1 Å². The van der Waals surface area contributed by atoms with Gasteiger partial charge in [-0.25, -0.2) is 0 Å². The van der Waals surface area contributed by atoms with Crippen LogP contribution in [0.15, 0.2) is 203 Å². The molecule has 3 aliphatic heterocycles. The van der Waals surface area contributed by atoms with Gasteiger partial charge in [0.05, 0.1) is 56.2 Å². The summed E-state index contributed by atoms with van der Waals surface area (Å²) in [7, 11) is 0. The van der Waals surface area contributed by atoms with Crippen LogP contribution in [-0.4, -0.2) is 11.3 Å². The third kappa shape index (κ3) is 4.90. The van der Waals surface area contributed by atoms with E-state index in [1.807, 2.05) is 0 Å². The van der Waals surface area contributed by atoms with E-state index in [4.69, 9.17) is 8.83 Å². The third-order valence-corrected chi connectivity index (χ3v) is 14.6. The molecule has 0 fully saturated rings. The maximum atomic E-state index is 7.42. The number of furan rings is 2. The molecule has 0 unspecified atom stereocenters. The van der Waals surface area contributed by atoms with Gasteiger partial charge in [-0.15, -0.1) is 0 Å². The first-order valence-electron chi connectivity index (χ1n) is 23.2. The molecule has 0 saturated carbocycles. The predicted octanol–water partition coefficient (Wildman–Crippen LogP) is 14.6. The zero-order valence-electron chi connectivity index (χ0n) is 37.2. The fourth-order valence-electron chi connectivity index (χ4n) is 11.7. The van der Waals surface area contributed by atoms with Crippen molar-refractivity contribution in [2.75, 3.05) is 14.7 Å². The Morgan fingerprint density at radius 3 is 1.84 bits per heavy atom. The summed E-state index contributed by atoms with van der Waals surface area (Å²) in [5.74, 6) is 0. The Kier molecular flexibility index (Phi) is 7.22. The van der Waals surface area contributed by atoms with Crippen molar-refractivity contribution in [2.24, 2.45) is 0 Å². The Labute approximate surface area is 387 Å². The second kappa shape index (κ2) is 13.1. The van der Waals surface area contributed by atoms with Crippen LogP contribution >= 0.6 is 0 Å². The molecule has 6 heterocycles. The van der Waals surface area contributed by atoms with Gasteiger partial charge in [-0.3, -0.25) is 0 Å². The molecule has 0 bridgehead atoms. The fourth-order valence-corrected chi connectivity index (χ4v) is 11.7. The molecule has 3 aliphatic rings. The minimum absolute atomic E-state index is 0.0924. The van der Waals surface area contributed by atoms with Crippen LogP contribution in [0.1, 0.15) is 26.3 Å². The summed E-state index contributed by atoms with van der Waals surface area (Å²) in [4.78, 5) is 7.49. The first kappa shape index (κ1) is 36.9. The SMILES string of the molecule is CC(C)(C)c1ccc2oc3c(c2c1)N(c1cccc2oc4ccccc4c12)c1cc(N(c2ccccc2)c2ccccc2)cc2c1B3c1cccc3c1N2c1cccc2c4ccccc4n-3c12. The summed E-state index contributed by atoms with van der Waals surface area (Å²) in [5, 5.41) is 5.71. The number of benzene rings is 9. The van der Waals surface area contributed by atoms with Crippen LogP contribution in [0.2, 0.25) is 0 Å². The van der Waals surface area contributed by atoms with E-state index in [0.717, 1.165) is 89.8 Å². The molecule has 3 aromatic heterocycles. The van der Waals surface area contributed by atoms with Crippen LogP contribution in [0.5, 0.6) is 0 Å². The van der Waals surface area contributed by atoms with Crippen LogP contribution in [0.3, 0.4) is 0 Å². The lowest BCUT2D eigenvalue weighted by Crippen LogP contribution is -2.61. The molecule has 12 aromatic rings. The number of aromatic nitrogens is 1. The van der Waals surface area contributed by atoms with E-state index >= 15 is 0 Å². The first-order chi connectivity index (χ1) is 32.9. The topological polar surface area (TPSA) is 40.9 Å². The predicted molar refractivity (Wildman–Crippen MR) is 279 cm³/mol. The monoisotopic (exact) mass is 860 g/mol. The molecule has 0 N–H and O–H groups in total. The Balaban J connectivity index is 1.14.